The van der Waals surface area contributed by atoms with Crippen molar-refractivity contribution in [2.45, 2.75) is 25.3 Å². The first kappa shape index (κ1) is 19.0. The van der Waals surface area contributed by atoms with Crippen molar-refractivity contribution < 1.29 is 23.1 Å². The van der Waals surface area contributed by atoms with Crippen LogP contribution in [0.15, 0.2) is 53.4 Å². The highest BCUT2D eigenvalue weighted by Crippen LogP contribution is 2.25. The third kappa shape index (κ3) is 4.80. The number of carboxylic acids is 1. The minimum absolute atomic E-state index is 0.0122. The van der Waals surface area contributed by atoms with Crippen molar-refractivity contribution in [1.82, 2.24) is 4.31 Å². The number of hydrogen-bond donors (Lipinski definition) is 1. The lowest BCUT2D eigenvalue weighted by Gasteiger charge is -2.21. The highest BCUT2D eigenvalue weighted by atomic mass is 32.2. The predicted molar refractivity (Wildman–Crippen MR) is 94.0 cm³/mol. The summed E-state index contributed by atoms with van der Waals surface area (Å²) < 4.78 is 32.2. The quantitative estimate of drug-likeness (QED) is 0.779. The molecule has 0 aliphatic carbocycles. The zero-order valence-electron chi connectivity index (χ0n) is 14.2. The van der Waals surface area contributed by atoms with E-state index in [0.717, 1.165) is 9.87 Å². The molecule has 0 aliphatic rings. The van der Waals surface area contributed by atoms with E-state index in [2.05, 4.69) is 0 Å². The van der Waals surface area contributed by atoms with Crippen molar-refractivity contribution in [3.05, 3.63) is 59.7 Å². The molecule has 0 aromatic heterocycles. The van der Waals surface area contributed by atoms with Crippen molar-refractivity contribution in [2.75, 3.05) is 13.2 Å². The Labute approximate surface area is 147 Å². The molecule has 2 aromatic rings. The molecule has 0 aliphatic heterocycles. The van der Waals surface area contributed by atoms with Gasteiger partial charge in [0.25, 0.3) is 0 Å². The van der Waals surface area contributed by atoms with E-state index in [1.54, 1.807) is 37.3 Å². The predicted octanol–water partition coefficient (Wildman–Crippen LogP) is 2.67. The number of carboxylic acid groups (broad SMARTS) is 1. The molecule has 25 heavy (non-hydrogen) atoms. The zero-order valence-corrected chi connectivity index (χ0v) is 15.0. The molecule has 2 rings (SSSR count). The smallest absolute Gasteiger partial charge is 0.318 e. The Morgan fingerprint density at radius 3 is 2.40 bits per heavy atom. The second-order valence-electron chi connectivity index (χ2n) is 5.51. The van der Waals surface area contributed by atoms with Crippen molar-refractivity contribution >= 4 is 16.0 Å². The molecule has 0 spiro atoms. The number of aliphatic carboxylic acids is 1. The fourth-order valence-electron chi connectivity index (χ4n) is 2.41. The van der Waals surface area contributed by atoms with E-state index in [4.69, 9.17) is 9.84 Å². The Hall–Kier alpha value is -2.38. The molecule has 0 fully saturated rings. The molecule has 1 N–H and O–H groups in total. The molecule has 0 saturated carbocycles. The molecular weight excluding hydrogens is 342 g/mol. The molecule has 7 heteroatoms. The Morgan fingerprint density at radius 1 is 1.16 bits per heavy atom. The van der Waals surface area contributed by atoms with Gasteiger partial charge in [-0.2, -0.15) is 4.31 Å². The normalized spacial score (nSPS) is 11.5. The van der Waals surface area contributed by atoms with Crippen molar-refractivity contribution in [2.24, 2.45) is 0 Å². The van der Waals surface area contributed by atoms with Gasteiger partial charge in [-0.25, -0.2) is 8.42 Å². The molecular formula is C18H21NO5S. The summed E-state index contributed by atoms with van der Waals surface area (Å²) in [5, 5.41) is 9.11. The summed E-state index contributed by atoms with van der Waals surface area (Å²) in [6.07, 6.45) is 0. The SMILES string of the molecule is CCOc1ccc(S(=O)(=O)N(CC(=O)O)Cc2ccccc2)cc1C. The molecule has 0 amide bonds. The van der Waals surface area contributed by atoms with Crippen molar-refractivity contribution in [1.29, 1.82) is 0 Å². The van der Waals surface area contributed by atoms with Gasteiger partial charge in [0.2, 0.25) is 10.0 Å². The maximum atomic E-state index is 12.9. The van der Waals surface area contributed by atoms with E-state index in [-0.39, 0.29) is 11.4 Å². The van der Waals surface area contributed by atoms with Gasteiger partial charge >= 0.3 is 5.97 Å². The molecule has 6 nitrogen and oxygen atoms in total. The second-order valence-corrected chi connectivity index (χ2v) is 7.45. The number of sulfonamides is 1. The van der Waals surface area contributed by atoms with Crippen LogP contribution < -0.4 is 4.74 Å². The van der Waals surface area contributed by atoms with Crippen molar-refractivity contribution in [3.8, 4) is 5.75 Å². The fraction of sp³-hybridized carbons (Fsp3) is 0.278. The standard InChI is InChI=1S/C18H21NO5S/c1-3-24-17-10-9-16(11-14(17)2)25(22,23)19(13-18(20)21)12-15-7-5-4-6-8-15/h4-11H,3,12-13H2,1-2H3,(H,20,21). The van der Waals surface area contributed by atoms with E-state index in [9.17, 15) is 13.2 Å². The topological polar surface area (TPSA) is 83.9 Å². The lowest BCUT2D eigenvalue weighted by atomic mass is 10.2. The van der Waals surface area contributed by atoms with Gasteiger partial charge in [0.05, 0.1) is 11.5 Å². The van der Waals surface area contributed by atoms with Crippen LogP contribution >= 0.6 is 0 Å². The molecule has 0 unspecified atom stereocenters. The minimum atomic E-state index is -3.95. The van der Waals surface area contributed by atoms with Gasteiger partial charge in [-0.1, -0.05) is 30.3 Å². The molecule has 134 valence electrons. The highest BCUT2D eigenvalue weighted by Gasteiger charge is 2.27. The summed E-state index contributed by atoms with van der Waals surface area (Å²) in [5.74, 6) is -0.601. The number of nitrogens with zero attached hydrogens (tertiary/aromatic N) is 1. The van der Waals surface area contributed by atoms with E-state index < -0.39 is 22.5 Å². The molecule has 0 heterocycles. The summed E-state index contributed by atoms with van der Waals surface area (Å²) in [4.78, 5) is 11.2. The van der Waals surface area contributed by atoms with Crippen LogP contribution in [-0.2, 0) is 21.4 Å². The summed E-state index contributed by atoms with van der Waals surface area (Å²) in [7, 11) is -3.95. The van der Waals surface area contributed by atoms with Crippen LogP contribution in [0, 0.1) is 6.92 Å². The monoisotopic (exact) mass is 363 g/mol. The first-order chi connectivity index (χ1) is 11.8. The average Bonchev–Trinajstić information content (AvgIpc) is 2.56. The summed E-state index contributed by atoms with van der Waals surface area (Å²) in [6.45, 7) is 3.46. The van der Waals surface area contributed by atoms with Gasteiger partial charge in [0.1, 0.15) is 12.3 Å². The van der Waals surface area contributed by atoms with Crippen LogP contribution in [0.4, 0.5) is 0 Å². The Morgan fingerprint density at radius 2 is 1.84 bits per heavy atom. The van der Waals surface area contributed by atoms with E-state index in [0.29, 0.717) is 17.9 Å². The first-order valence-corrected chi connectivity index (χ1v) is 9.28. The highest BCUT2D eigenvalue weighted by molar-refractivity contribution is 7.89. The van der Waals surface area contributed by atoms with Gasteiger partial charge < -0.3 is 9.84 Å². The lowest BCUT2D eigenvalue weighted by Crippen LogP contribution is -2.35. The van der Waals surface area contributed by atoms with E-state index in [1.807, 2.05) is 13.0 Å². The summed E-state index contributed by atoms with van der Waals surface area (Å²) >= 11 is 0. The number of rotatable bonds is 8. The first-order valence-electron chi connectivity index (χ1n) is 7.84. The van der Waals surface area contributed by atoms with Gasteiger partial charge in [0, 0.05) is 6.54 Å². The number of benzene rings is 2. The summed E-state index contributed by atoms with van der Waals surface area (Å²) in [6, 6.07) is 13.4. The van der Waals surface area contributed by atoms with Crippen LogP contribution in [0.5, 0.6) is 5.75 Å². The average molecular weight is 363 g/mol. The zero-order chi connectivity index (χ0) is 18.4. The van der Waals surface area contributed by atoms with Gasteiger partial charge in [-0.15, -0.1) is 0 Å². The van der Waals surface area contributed by atoms with Crippen LogP contribution in [0.3, 0.4) is 0 Å². The molecule has 2 aromatic carbocycles. The van der Waals surface area contributed by atoms with Crippen LogP contribution in [-0.4, -0.2) is 37.0 Å². The Kier molecular flexibility index (Phi) is 6.17. The van der Waals surface area contributed by atoms with Gasteiger partial charge in [-0.3, -0.25) is 4.79 Å². The van der Waals surface area contributed by atoms with Crippen LogP contribution in [0.2, 0.25) is 0 Å². The third-order valence-corrected chi connectivity index (χ3v) is 5.39. The fourth-order valence-corrected chi connectivity index (χ4v) is 3.88. The van der Waals surface area contributed by atoms with Crippen molar-refractivity contribution in [3.63, 3.8) is 0 Å². The van der Waals surface area contributed by atoms with E-state index >= 15 is 0 Å². The molecule has 0 radical (unpaired) electrons. The number of aryl methyl sites for hydroxylation is 1. The Bertz CT molecular complexity index is 834. The third-order valence-electron chi connectivity index (χ3n) is 3.60. The summed E-state index contributed by atoms with van der Waals surface area (Å²) in [5.41, 5.74) is 1.40. The molecule has 0 bridgehead atoms. The van der Waals surface area contributed by atoms with Crippen LogP contribution in [0.25, 0.3) is 0 Å². The lowest BCUT2D eigenvalue weighted by molar-refractivity contribution is -0.137. The van der Waals surface area contributed by atoms with Gasteiger partial charge in [0.15, 0.2) is 0 Å². The van der Waals surface area contributed by atoms with E-state index in [1.165, 1.54) is 12.1 Å². The number of carbonyl (C=O) groups is 1. The van der Waals surface area contributed by atoms with Crippen LogP contribution in [0.1, 0.15) is 18.1 Å². The number of ether oxygens (including phenoxy) is 1. The maximum Gasteiger partial charge on any atom is 0.318 e. The second kappa shape index (κ2) is 8.13. The largest absolute Gasteiger partial charge is 0.494 e. The molecule has 0 atom stereocenters. The minimum Gasteiger partial charge on any atom is -0.494 e. The maximum absolute atomic E-state index is 12.9. The van der Waals surface area contributed by atoms with Gasteiger partial charge in [-0.05, 0) is 43.2 Å². The Balaban J connectivity index is 2.37. The molecule has 0 saturated heterocycles. The number of hydrogen-bond acceptors (Lipinski definition) is 4.